The highest BCUT2D eigenvalue weighted by molar-refractivity contribution is 5.94. The van der Waals surface area contributed by atoms with E-state index in [0.717, 1.165) is 23.2 Å². The van der Waals surface area contributed by atoms with Crippen molar-refractivity contribution >= 4 is 17.6 Å². The Morgan fingerprint density at radius 2 is 1.72 bits per heavy atom. The van der Waals surface area contributed by atoms with Crippen LogP contribution in [-0.2, 0) is 9.53 Å². The summed E-state index contributed by atoms with van der Waals surface area (Å²) in [5.41, 5.74) is 2.74. The van der Waals surface area contributed by atoms with Crippen molar-refractivity contribution in [1.29, 1.82) is 0 Å². The molecule has 25 heavy (non-hydrogen) atoms. The van der Waals surface area contributed by atoms with Crippen molar-refractivity contribution in [1.82, 2.24) is 0 Å². The summed E-state index contributed by atoms with van der Waals surface area (Å²) in [5.74, 6) is 6.39. The Kier molecular flexibility index (Phi) is 4.85. The number of carbonyl (C=O) groups excluding carboxylic acids is 2. The number of rotatable bonds is 3. The molecule has 2 atom stereocenters. The van der Waals surface area contributed by atoms with Crippen molar-refractivity contribution in [3.8, 4) is 11.8 Å². The zero-order valence-corrected chi connectivity index (χ0v) is 14.2. The van der Waals surface area contributed by atoms with Gasteiger partial charge in [-0.3, -0.25) is 4.79 Å². The second kappa shape index (κ2) is 7.23. The molecule has 0 spiro atoms. The maximum atomic E-state index is 12.0. The van der Waals surface area contributed by atoms with Crippen LogP contribution in [0, 0.1) is 23.7 Å². The average molecular weight is 333 g/mol. The van der Waals surface area contributed by atoms with Gasteiger partial charge in [0.05, 0.1) is 12.7 Å². The Morgan fingerprint density at radius 3 is 2.36 bits per heavy atom. The van der Waals surface area contributed by atoms with Crippen LogP contribution in [0.5, 0.6) is 0 Å². The number of nitrogens with one attached hydrogen (secondary N) is 1. The Bertz CT molecular complexity index is 876. The van der Waals surface area contributed by atoms with Gasteiger partial charge < -0.3 is 10.1 Å². The molecule has 126 valence electrons. The minimum Gasteiger partial charge on any atom is -0.465 e. The smallest absolute Gasteiger partial charge is 0.337 e. The van der Waals surface area contributed by atoms with E-state index in [9.17, 15) is 9.59 Å². The lowest BCUT2D eigenvalue weighted by atomic mass is 10.1. The number of methoxy groups -OCH3 is 1. The first-order chi connectivity index (χ1) is 12.1. The first kappa shape index (κ1) is 16.8. The molecule has 0 aliphatic heterocycles. The first-order valence-corrected chi connectivity index (χ1v) is 8.18. The third kappa shape index (κ3) is 4.27. The van der Waals surface area contributed by atoms with E-state index in [-0.39, 0.29) is 17.8 Å². The second-order valence-corrected chi connectivity index (χ2v) is 6.21. The molecule has 0 unspecified atom stereocenters. The molecule has 0 bridgehead atoms. The third-order valence-electron chi connectivity index (χ3n) is 4.21. The van der Waals surface area contributed by atoms with Crippen molar-refractivity contribution in [3.05, 3.63) is 65.2 Å². The Balaban J connectivity index is 1.73. The van der Waals surface area contributed by atoms with E-state index in [1.165, 1.54) is 7.11 Å². The summed E-state index contributed by atoms with van der Waals surface area (Å²) in [6.45, 7) is 2.08. The van der Waals surface area contributed by atoms with Crippen molar-refractivity contribution in [2.75, 3.05) is 12.4 Å². The second-order valence-electron chi connectivity index (χ2n) is 6.21. The van der Waals surface area contributed by atoms with Crippen molar-refractivity contribution in [2.45, 2.75) is 13.3 Å². The maximum Gasteiger partial charge on any atom is 0.337 e. The summed E-state index contributed by atoms with van der Waals surface area (Å²) >= 11 is 0. The zero-order valence-electron chi connectivity index (χ0n) is 14.2. The molecule has 1 saturated carbocycles. The fraction of sp³-hybridized carbons (Fsp3) is 0.238. The highest BCUT2D eigenvalue weighted by Gasteiger charge is 2.39. The van der Waals surface area contributed by atoms with E-state index in [2.05, 4.69) is 24.1 Å². The van der Waals surface area contributed by atoms with E-state index >= 15 is 0 Å². The molecule has 4 heteroatoms. The lowest BCUT2D eigenvalue weighted by molar-refractivity contribution is -0.117. The molecule has 1 aliphatic rings. The molecule has 1 aliphatic carbocycles. The molecule has 0 aromatic heterocycles. The van der Waals surface area contributed by atoms with Crippen LogP contribution in [0.1, 0.15) is 34.8 Å². The maximum absolute atomic E-state index is 12.0. The Morgan fingerprint density at radius 1 is 1.08 bits per heavy atom. The summed E-state index contributed by atoms with van der Waals surface area (Å²) in [6, 6.07) is 14.4. The molecule has 4 nitrogen and oxygen atoms in total. The van der Waals surface area contributed by atoms with E-state index in [1.807, 2.05) is 30.3 Å². The number of amides is 1. The summed E-state index contributed by atoms with van der Waals surface area (Å²) in [6.07, 6.45) is 0.960. The van der Waals surface area contributed by atoms with Gasteiger partial charge in [-0.1, -0.05) is 30.9 Å². The van der Waals surface area contributed by atoms with Crippen molar-refractivity contribution < 1.29 is 14.3 Å². The summed E-state index contributed by atoms with van der Waals surface area (Å²) in [5, 5.41) is 2.94. The number of ether oxygens (including phenoxy) is 1. The van der Waals surface area contributed by atoms with Crippen LogP contribution in [0.15, 0.2) is 48.5 Å². The lowest BCUT2D eigenvalue weighted by Crippen LogP contribution is -2.14. The van der Waals surface area contributed by atoms with Gasteiger partial charge in [-0.05, 0) is 48.7 Å². The van der Waals surface area contributed by atoms with Gasteiger partial charge >= 0.3 is 5.97 Å². The summed E-state index contributed by atoms with van der Waals surface area (Å²) in [4.78, 5) is 23.6. The normalized spacial score (nSPS) is 17.8. The van der Waals surface area contributed by atoms with Crippen LogP contribution < -0.4 is 5.32 Å². The molecule has 0 radical (unpaired) electrons. The highest BCUT2D eigenvalue weighted by Crippen LogP contribution is 2.38. The predicted octanol–water partition coefficient (Wildman–Crippen LogP) is 3.47. The van der Waals surface area contributed by atoms with Crippen LogP contribution in [-0.4, -0.2) is 19.0 Å². The van der Waals surface area contributed by atoms with Crippen molar-refractivity contribution in [2.24, 2.45) is 11.8 Å². The monoisotopic (exact) mass is 333 g/mol. The van der Waals surface area contributed by atoms with Crippen LogP contribution in [0.4, 0.5) is 5.69 Å². The van der Waals surface area contributed by atoms with Crippen LogP contribution in [0.3, 0.4) is 0 Å². The molecule has 3 rings (SSSR count). The van der Waals surface area contributed by atoms with Crippen LogP contribution in [0.25, 0.3) is 0 Å². The first-order valence-electron chi connectivity index (χ1n) is 8.18. The van der Waals surface area contributed by atoms with Crippen molar-refractivity contribution in [3.63, 3.8) is 0 Å². The number of esters is 1. The van der Waals surface area contributed by atoms with Gasteiger partial charge in [-0.15, -0.1) is 0 Å². The van der Waals surface area contributed by atoms with Gasteiger partial charge in [-0.25, -0.2) is 4.79 Å². The SMILES string of the molecule is COC(=O)c1cccc(C#Cc2cccc(NC(=O)[C@@H]3C[C@H]3C)c2)c1. The van der Waals surface area contributed by atoms with E-state index in [0.29, 0.717) is 11.5 Å². The highest BCUT2D eigenvalue weighted by atomic mass is 16.5. The molecule has 2 aromatic rings. The summed E-state index contributed by atoms with van der Waals surface area (Å²) in [7, 11) is 1.35. The molecule has 0 saturated heterocycles. The number of benzene rings is 2. The van der Waals surface area contributed by atoms with E-state index < -0.39 is 0 Å². The standard InChI is InChI=1S/C21H19NO3/c1-14-11-19(14)20(23)22-18-8-4-6-16(13-18)10-9-15-5-3-7-17(12-15)21(24)25-2/h3-8,12-14,19H,11H2,1-2H3,(H,22,23)/t14-,19-/m1/s1. The zero-order chi connectivity index (χ0) is 17.8. The van der Waals surface area contributed by atoms with Gasteiger partial charge in [0.25, 0.3) is 0 Å². The lowest BCUT2D eigenvalue weighted by Gasteiger charge is -2.04. The Labute approximate surface area is 147 Å². The molecule has 0 heterocycles. The third-order valence-corrected chi connectivity index (χ3v) is 4.21. The van der Waals surface area contributed by atoms with Gasteiger partial charge in [0.15, 0.2) is 0 Å². The minimum absolute atomic E-state index is 0.0726. The largest absolute Gasteiger partial charge is 0.465 e. The molecule has 1 N–H and O–H groups in total. The minimum atomic E-state index is -0.386. The quantitative estimate of drug-likeness (QED) is 0.691. The number of carbonyl (C=O) groups is 2. The summed E-state index contributed by atoms with van der Waals surface area (Å²) < 4.78 is 4.71. The molecular formula is C21H19NO3. The molecule has 1 amide bonds. The van der Waals surface area contributed by atoms with E-state index in [1.54, 1.807) is 18.2 Å². The van der Waals surface area contributed by atoms with Gasteiger partial charge in [-0.2, -0.15) is 0 Å². The molecular weight excluding hydrogens is 314 g/mol. The number of hydrogen-bond donors (Lipinski definition) is 1. The fourth-order valence-electron chi connectivity index (χ4n) is 2.58. The number of anilines is 1. The van der Waals surface area contributed by atoms with E-state index in [4.69, 9.17) is 4.74 Å². The predicted molar refractivity (Wildman–Crippen MR) is 96.1 cm³/mol. The average Bonchev–Trinajstić information content (AvgIpc) is 3.37. The van der Waals surface area contributed by atoms with Gasteiger partial charge in [0.2, 0.25) is 5.91 Å². The molecule has 1 fully saturated rings. The topological polar surface area (TPSA) is 55.4 Å². The molecule has 2 aromatic carbocycles. The van der Waals surface area contributed by atoms with Gasteiger partial charge in [0.1, 0.15) is 0 Å². The number of hydrogen-bond acceptors (Lipinski definition) is 3. The van der Waals surface area contributed by atoms with Crippen LogP contribution >= 0.6 is 0 Å². The van der Waals surface area contributed by atoms with Crippen LogP contribution in [0.2, 0.25) is 0 Å². The Hall–Kier alpha value is -3.06. The fourth-order valence-corrected chi connectivity index (χ4v) is 2.58. The van der Waals surface area contributed by atoms with Gasteiger partial charge in [0, 0.05) is 22.7 Å².